The Bertz CT molecular complexity index is 1810. The smallest absolute Gasteiger partial charge is 0.462 e. The van der Waals surface area contributed by atoms with Crippen LogP contribution in [0.1, 0.15) is 394 Å². The summed E-state index contributed by atoms with van der Waals surface area (Å²) in [5, 5.41) is 10.6. The van der Waals surface area contributed by atoms with Crippen molar-refractivity contribution in [2.24, 2.45) is 5.92 Å². The predicted molar refractivity (Wildman–Crippen MR) is 382 cm³/mol. The van der Waals surface area contributed by atoms with Crippen LogP contribution in [0.15, 0.2) is 0 Å². The van der Waals surface area contributed by atoms with Gasteiger partial charge in [0.05, 0.1) is 26.4 Å². The molecule has 0 spiro atoms. The molecule has 0 aromatic carbocycles. The SMILES string of the molecule is CCCCCCCCCCCCCCCCCCCCCCCCC(=O)O[C@H](COC(=O)CCCCCCCCCCCCCCCCCCCC)COP(=O)(O)OC[C@@H](O)COP(=O)(O)OC[C@@H](COC(=O)CCCCCCC)OC(=O)CCCCCCCCC(C)C. The minimum absolute atomic E-state index is 0.102. The van der Waals surface area contributed by atoms with E-state index in [4.69, 9.17) is 37.0 Å². The number of esters is 4. The number of phosphoric acid groups is 2. The van der Waals surface area contributed by atoms with Crippen LogP contribution >= 0.6 is 15.6 Å². The van der Waals surface area contributed by atoms with Gasteiger partial charge in [-0.15, -0.1) is 0 Å². The molecule has 0 amide bonds. The quantitative estimate of drug-likeness (QED) is 0.0222. The standard InChI is InChI=1S/C75H146O17P2/c1-6-9-12-15-17-19-21-23-25-27-29-30-31-32-34-36-38-40-42-44-50-55-60-74(79)91-71(65-86-73(78)59-54-49-43-41-39-37-35-33-28-26-24-22-20-18-16-13-10-7-2)67-90-94(83,84)88-63-69(76)62-87-93(81,82)89-66-70(64-85-72(77)58-53-47-14-11-8-3)92-75(80)61-56-51-46-45-48-52-57-68(4)5/h68-71,76H,6-67H2,1-5H3,(H,81,82)(H,83,84)/t69-,70+,71+/m0/s1. The summed E-state index contributed by atoms with van der Waals surface area (Å²) in [5.74, 6) is -1.46. The van der Waals surface area contributed by atoms with Gasteiger partial charge in [-0.25, -0.2) is 9.13 Å². The third-order valence-electron chi connectivity index (χ3n) is 17.5. The molecule has 19 heteroatoms. The minimum atomic E-state index is -4.95. The number of hydrogen-bond donors (Lipinski definition) is 3. The number of phosphoric ester groups is 2. The van der Waals surface area contributed by atoms with Crippen molar-refractivity contribution in [3.63, 3.8) is 0 Å². The highest BCUT2D eigenvalue weighted by Crippen LogP contribution is 2.45. The topological polar surface area (TPSA) is 237 Å². The summed E-state index contributed by atoms with van der Waals surface area (Å²) in [7, 11) is -9.89. The first-order chi connectivity index (χ1) is 45.5. The van der Waals surface area contributed by atoms with Crippen LogP contribution in [0, 0.1) is 5.92 Å². The van der Waals surface area contributed by atoms with E-state index in [2.05, 4.69) is 34.6 Å². The zero-order valence-corrected chi connectivity index (χ0v) is 62.9. The zero-order valence-electron chi connectivity index (χ0n) is 61.1. The molecule has 94 heavy (non-hydrogen) atoms. The molecular weight excluding hydrogens is 1230 g/mol. The Morgan fingerprint density at radius 1 is 0.287 bits per heavy atom. The molecule has 17 nitrogen and oxygen atoms in total. The van der Waals surface area contributed by atoms with Crippen molar-refractivity contribution in [2.75, 3.05) is 39.6 Å². The lowest BCUT2D eigenvalue weighted by molar-refractivity contribution is -0.161. The number of ether oxygens (including phenoxy) is 4. The maximum absolute atomic E-state index is 13.1. The number of aliphatic hydroxyl groups is 1. The van der Waals surface area contributed by atoms with Gasteiger partial charge in [-0.3, -0.25) is 37.3 Å². The van der Waals surface area contributed by atoms with Crippen molar-refractivity contribution in [2.45, 2.75) is 412 Å². The number of unbranched alkanes of at least 4 members (excludes halogenated alkanes) is 47. The van der Waals surface area contributed by atoms with Gasteiger partial charge in [-0.05, 0) is 31.6 Å². The molecule has 5 atom stereocenters. The average Bonchev–Trinajstić information content (AvgIpc) is 1.27. The first-order valence-corrected chi connectivity index (χ1v) is 42.1. The number of rotatable bonds is 75. The summed E-state index contributed by atoms with van der Waals surface area (Å²) < 4.78 is 68.1. The molecule has 3 N–H and O–H groups in total. The summed E-state index contributed by atoms with van der Waals surface area (Å²) in [6.45, 7) is 7.09. The van der Waals surface area contributed by atoms with E-state index < -0.39 is 97.5 Å². The molecule has 0 heterocycles. The largest absolute Gasteiger partial charge is 0.472 e. The van der Waals surface area contributed by atoms with Crippen LogP contribution in [-0.4, -0.2) is 96.7 Å². The predicted octanol–water partition coefficient (Wildman–Crippen LogP) is 22.1. The Morgan fingerprint density at radius 3 is 0.723 bits per heavy atom. The third kappa shape index (κ3) is 68.6. The third-order valence-corrected chi connectivity index (χ3v) is 19.4. The molecule has 0 aromatic heterocycles. The van der Waals surface area contributed by atoms with E-state index in [-0.39, 0.29) is 25.7 Å². The van der Waals surface area contributed by atoms with E-state index in [0.29, 0.717) is 31.6 Å². The number of carbonyl (C=O) groups is 4. The Morgan fingerprint density at radius 2 is 0.489 bits per heavy atom. The summed E-state index contributed by atoms with van der Waals surface area (Å²) in [6.07, 6.45) is 57.8. The number of hydrogen-bond acceptors (Lipinski definition) is 15. The molecule has 558 valence electrons. The lowest BCUT2D eigenvalue weighted by Gasteiger charge is -2.21. The molecule has 0 saturated heterocycles. The van der Waals surface area contributed by atoms with Crippen molar-refractivity contribution < 1.29 is 80.2 Å². The lowest BCUT2D eigenvalue weighted by atomic mass is 10.0. The summed E-state index contributed by atoms with van der Waals surface area (Å²) >= 11 is 0. The molecule has 0 bridgehead atoms. The highest BCUT2D eigenvalue weighted by molar-refractivity contribution is 7.47. The van der Waals surface area contributed by atoms with Crippen LogP contribution in [-0.2, 0) is 65.4 Å². The Kier molecular flexibility index (Phi) is 66.8. The van der Waals surface area contributed by atoms with Gasteiger partial charge < -0.3 is 33.8 Å². The van der Waals surface area contributed by atoms with Crippen LogP contribution in [0.4, 0.5) is 0 Å². The molecule has 2 unspecified atom stereocenters. The summed E-state index contributed by atoms with van der Waals surface area (Å²) in [5.41, 5.74) is 0. The monoisotopic (exact) mass is 1380 g/mol. The van der Waals surface area contributed by atoms with Crippen molar-refractivity contribution in [1.82, 2.24) is 0 Å². The second-order valence-corrected chi connectivity index (χ2v) is 30.4. The van der Waals surface area contributed by atoms with Crippen molar-refractivity contribution in [3.05, 3.63) is 0 Å². The van der Waals surface area contributed by atoms with Crippen LogP contribution in [0.25, 0.3) is 0 Å². The summed E-state index contributed by atoms with van der Waals surface area (Å²) in [4.78, 5) is 72.4. The molecule has 0 rings (SSSR count). The molecule has 0 aliphatic carbocycles. The van der Waals surface area contributed by atoms with E-state index in [1.54, 1.807) is 0 Å². The second-order valence-electron chi connectivity index (χ2n) is 27.5. The van der Waals surface area contributed by atoms with Gasteiger partial charge >= 0.3 is 39.5 Å². The maximum atomic E-state index is 13.1. The van der Waals surface area contributed by atoms with Gasteiger partial charge in [-0.1, -0.05) is 343 Å². The average molecular weight is 1380 g/mol. The van der Waals surface area contributed by atoms with Crippen LogP contribution in [0.5, 0.6) is 0 Å². The molecule has 0 aliphatic rings. The molecule has 0 saturated carbocycles. The minimum Gasteiger partial charge on any atom is -0.462 e. The Balaban J connectivity index is 5.08. The van der Waals surface area contributed by atoms with Gasteiger partial charge in [0.1, 0.15) is 19.3 Å². The van der Waals surface area contributed by atoms with Gasteiger partial charge in [0.2, 0.25) is 0 Å². The van der Waals surface area contributed by atoms with E-state index in [9.17, 15) is 43.2 Å². The van der Waals surface area contributed by atoms with Crippen molar-refractivity contribution in [1.29, 1.82) is 0 Å². The highest BCUT2D eigenvalue weighted by Gasteiger charge is 2.30. The van der Waals surface area contributed by atoms with E-state index >= 15 is 0 Å². The van der Waals surface area contributed by atoms with E-state index in [0.717, 1.165) is 96.3 Å². The fourth-order valence-corrected chi connectivity index (χ4v) is 13.1. The number of aliphatic hydroxyl groups excluding tert-OH is 1. The molecular formula is C75H146O17P2. The van der Waals surface area contributed by atoms with E-state index in [1.165, 1.54) is 212 Å². The first-order valence-electron chi connectivity index (χ1n) is 39.1. The second kappa shape index (κ2) is 68.2. The first kappa shape index (κ1) is 92.1. The fraction of sp³-hybridized carbons (Fsp3) is 0.947. The van der Waals surface area contributed by atoms with Crippen LogP contribution in [0.3, 0.4) is 0 Å². The summed E-state index contributed by atoms with van der Waals surface area (Å²) in [6, 6.07) is 0. The van der Waals surface area contributed by atoms with Gasteiger partial charge in [0.25, 0.3) is 0 Å². The van der Waals surface area contributed by atoms with Crippen molar-refractivity contribution in [3.8, 4) is 0 Å². The molecule has 0 fully saturated rings. The molecule has 0 radical (unpaired) electrons. The maximum Gasteiger partial charge on any atom is 0.472 e. The lowest BCUT2D eigenvalue weighted by Crippen LogP contribution is -2.30. The number of carbonyl (C=O) groups excluding carboxylic acids is 4. The highest BCUT2D eigenvalue weighted by atomic mass is 31.2. The Labute approximate surface area is 575 Å². The normalized spacial score (nSPS) is 14.0. The van der Waals surface area contributed by atoms with Crippen LogP contribution < -0.4 is 0 Å². The van der Waals surface area contributed by atoms with E-state index in [1.807, 2.05) is 0 Å². The van der Waals surface area contributed by atoms with Gasteiger partial charge in [0, 0.05) is 25.7 Å². The van der Waals surface area contributed by atoms with Crippen LogP contribution in [0.2, 0.25) is 0 Å². The Hall–Kier alpha value is -1.94. The zero-order chi connectivity index (χ0) is 69.1. The molecule has 0 aromatic rings. The van der Waals surface area contributed by atoms with Gasteiger partial charge in [0.15, 0.2) is 12.2 Å². The molecule has 0 aliphatic heterocycles. The van der Waals surface area contributed by atoms with Gasteiger partial charge in [-0.2, -0.15) is 0 Å². The van der Waals surface area contributed by atoms with Crippen molar-refractivity contribution >= 4 is 39.5 Å². The fourth-order valence-electron chi connectivity index (χ4n) is 11.5.